The lowest BCUT2D eigenvalue weighted by Gasteiger charge is -2.60. The summed E-state index contributed by atoms with van der Waals surface area (Å²) < 4.78 is 25.6. The van der Waals surface area contributed by atoms with E-state index in [-0.39, 0.29) is 19.4 Å². The van der Waals surface area contributed by atoms with Gasteiger partial charge in [0.25, 0.3) is 0 Å². The highest BCUT2D eigenvalue weighted by Gasteiger charge is 2.63. The third kappa shape index (κ3) is 1.89. The van der Waals surface area contributed by atoms with E-state index in [1.165, 1.54) is 0 Å². The molecular weight excluding hydrogens is 226 g/mol. The number of rotatable bonds is 4. The van der Waals surface area contributed by atoms with Crippen LogP contribution in [0, 0.1) is 10.8 Å². The van der Waals surface area contributed by atoms with Crippen LogP contribution < -0.4 is 0 Å². The molecule has 2 nitrogen and oxygen atoms in total. The van der Waals surface area contributed by atoms with Gasteiger partial charge in [-0.3, -0.25) is 8.78 Å². The fraction of sp³-hybridized carbons (Fsp3) is 1.00. The highest BCUT2D eigenvalue weighted by atomic mass is 19.1. The fourth-order valence-electron chi connectivity index (χ4n) is 3.79. The van der Waals surface area contributed by atoms with Crippen molar-refractivity contribution in [2.45, 2.75) is 50.5 Å². The van der Waals surface area contributed by atoms with Gasteiger partial charge in [0.2, 0.25) is 0 Å². The van der Waals surface area contributed by atoms with E-state index >= 15 is 0 Å². The number of halogens is 2. The first-order valence-corrected chi connectivity index (χ1v) is 6.51. The summed E-state index contributed by atoms with van der Waals surface area (Å²) in [5.74, 6) is 0. The molecule has 100 valence electrons. The zero-order valence-electron chi connectivity index (χ0n) is 10.2. The van der Waals surface area contributed by atoms with Crippen molar-refractivity contribution in [2.75, 3.05) is 20.0 Å². The molecule has 0 bridgehead atoms. The Morgan fingerprint density at radius 1 is 0.941 bits per heavy atom. The predicted octanol–water partition coefficient (Wildman–Crippen LogP) is 2.38. The summed E-state index contributed by atoms with van der Waals surface area (Å²) in [5.41, 5.74) is -2.55. The molecule has 0 aromatic rings. The summed E-state index contributed by atoms with van der Waals surface area (Å²) in [4.78, 5) is 0. The number of aliphatic hydroxyl groups excluding tert-OH is 1. The molecule has 2 fully saturated rings. The molecule has 0 heterocycles. The Morgan fingerprint density at radius 3 is 1.88 bits per heavy atom. The van der Waals surface area contributed by atoms with Gasteiger partial charge in [-0.05, 0) is 25.7 Å². The van der Waals surface area contributed by atoms with Crippen LogP contribution >= 0.6 is 0 Å². The monoisotopic (exact) mass is 248 g/mol. The number of aliphatic hydroxyl groups is 2. The minimum absolute atomic E-state index is 0.0713. The zero-order valence-corrected chi connectivity index (χ0v) is 10.2. The van der Waals surface area contributed by atoms with E-state index < -0.39 is 29.8 Å². The molecule has 0 radical (unpaired) electrons. The summed E-state index contributed by atoms with van der Waals surface area (Å²) in [6.07, 6.45) is 4.96. The lowest BCUT2D eigenvalue weighted by molar-refractivity contribution is -0.233. The Balaban J connectivity index is 2.11. The Bertz CT molecular complexity index is 263. The first-order valence-electron chi connectivity index (χ1n) is 6.51. The van der Waals surface area contributed by atoms with Crippen molar-refractivity contribution in [3.63, 3.8) is 0 Å². The molecule has 0 unspecified atom stereocenters. The first-order chi connectivity index (χ1) is 8.05. The maximum atomic E-state index is 12.8. The van der Waals surface area contributed by atoms with E-state index in [1.54, 1.807) is 0 Å². The van der Waals surface area contributed by atoms with Crippen molar-refractivity contribution < 1.29 is 19.0 Å². The van der Waals surface area contributed by atoms with Crippen molar-refractivity contribution in [2.24, 2.45) is 10.8 Å². The van der Waals surface area contributed by atoms with Gasteiger partial charge in [0.1, 0.15) is 0 Å². The van der Waals surface area contributed by atoms with Gasteiger partial charge in [-0.15, -0.1) is 0 Å². The molecule has 0 aliphatic heterocycles. The van der Waals surface area contributed by atoms with Crippen molar-refractivity contribution in [3.05, 3.63) is 0 Å². The molecule has 0 aromatic heterocycles. The number of alkyl halides is 2. The van der Waals surface area contributed by atoms with Crippen LogP contribution in [0.5, 0.6) is 0 Å². The average Bonchev–Trinajstić information content (AvgIpc) is 2.35. The van der Waals surface area contributed by atoms with Gasteiger partial charge in [-0.1, -0.05) is 19.3 Å². The molecule has 0 saturated heterocycles. The van der Waals surface area contributed by atoms with Gasteiger partial charge in [-0.2, -0.15) is 0 Å². The van der Waals surface area contributed by atoms with Crippen LogP contribution in [0.25, 0.3) is 0 Å². The minimum atomic E-state index is -1.06. The Kier molecular flexibility index (Phi) is 3.47. The van der Waals surface area contributed by atoms with E-state index in [0.29, 0.717) is 0 Å². The molecule has 2 N–H and O–H groups in total. The second kappa shape index (κ2) is 4.47. The first kappa shape index (κ1) is 13.2. The summed E-state index contributed by atoms with van der Waals surface area (Å²) in [5, 5.41) is 20.2. The van der Waals surface area contributed by atoms with Gasteiger partial charge in [0.05, 0.1) is 25.6 Å². The molecule has 17 heavy (non-hydrogen) atoms. The van der Waals surface area contributed by atoms with Crippen LogP contribution in [0.3, 0.4) is 0 Å². The topological polar surface area (TPSA) is 40.5 Å². The van der Waals surface area contributed by atoms with E-state index in [9.17, 15) is 19.0 Å². The van der Waals surface area contributed by atoms with Crippen molar-refractivity contribution in [1.29, 1.82) is 0 Å². The van der Waals surface area contributed by atoms with Crippen molar-refractivity contribution in [1.82, 2.24) is 0 Å². The predicted molar refractivity (Wildman–Crippen MR) is 61.2 cm³/mol. The fourth-order valence-corrected chi connectivity index (χ4v) is 3.79. The van der Waals surface area contributed by atoms with Crippen LogP contribution in [0.1, 0.15) is 44.9 Å². The second-order valence-electron chi connectivity index (χ2n) is 6.15. The summed E-state index contributed by atoms with van der Waals surface area (Å²) >= 11 is 0. The summed E-state index contributed by atoms with van der Waals surface area (Å²) in [6.45, 7) is -1.50. The molecule has 2 aliphatic rings. The Hall–Kier alpha value is -0.220. The van der Waals surface area contributed by atoms with Crippen LogP contribution in [-0.4, -0.2) is 35.8 Å². The molecule has 0 amide bonds. The van der Waals surface area contributed by atoms with Gasteiger partial charge < -0.3 is 10.2 Å². The Labute approximate surface area is 101 Å². The molecular formula is C13H22F2O2. The lowest BCUT2D eigenvalue weighted by atomic mass is 9.48. The molecule has 2 saturated carbocycles. The highest BCUT2D eigenvalue weighted by molar-refractivity contribution is 5.13. The summed E-state index contributed by atoms with van der Waals surface area (Å²) in [6, 6.07) is 0. The maximum absolute atomic E-state index is 12.8. The molecule has 0 spiro atoms. The summed E-state index contributed by atoms with van der Waals surface area (Å²) in [7, 11) is 0. The van der Waals surface area contributed by atoms with Crippen molar-refractivity contribution >= 4 is 0 Å². The molecule has 0 atom stereocenters. The molecule has 0 aromatic carbocycles. The van der Waals surface area contributed by atoms with Gasteiger partial charge >= 0.3 is 0 Å². The smallest absolute Gasteiger partial charge is 0.0977 e. The van der Waals surface area contributed by atoms with Crippen molar-refractivity contribution in [3.8, 4) is 0 Å². The maximum Gasteiger partial charge on any atom is 0.0977 e. The SMILES string of the molecule is OCC1(C2(O)CC(CF)(CF)C2)CCCCC1. The van der Waals surface area contributed by atoms with Crippen LogP contribution in [-0.2, 0) is 0 Å². The Morgan fingerprint density at radius 2 is 1.47 bits per heavy atom. The van der Waals surface area contributed by atoms with Gasteiger partial charge in [0, 0.05) is 10.8 Å². The van der Waals surface area contributed by atoms with E-state index in [1.807, 2.05) is 0 Å². The van der Waals surface area contributed by atoms with Crippen LogP contribution in [0.2, 0.25) is 0 Å². The quantitative estimate of drug-likeness (QED) is 0.802. The second-order valence-corrected chi connectivity index (χ2v) is 6.15. The van der Waals surface area contributed by atoms with Crippen LogP contribution in [0.4, 0.5) is 8.78 Å². The lowest BCUT2D eigenvalue weighted by Crippen LogP contribution is -2.64. The average molecular weight is 248 g/mol. The third-order valence-corrected chi connectivity index (χ3v) is 5.00. The molecule has 2 aliphatic carbocycles. The van der Waals surface area contributed by atoms with Crippen LogP contribution in [0.15, 0.2) is 0 Å². The van der Waals surface area contributed by atoms with E-state index in [0.717, 1.165) is 32.1 Å². The van der Waals surface area contributed by atoms with Gasteiger partial charge in [0.15, 0.2) is 0 Å². The normalized spacial score (nSPS) is 29.6. The zero-order chi connectivity index (χ0) is 12.6. The minimum Gasteiger partial charge on any atom is -0.396 e. The third-order valence-electron chi connectivity index (χ3n) is 5.00. The number of hydrogen-bond donors (Lipinski definition) is 2. The number of hydrogen-bond acceptors (Lipinski definition) is 2. The highest BCUT2D eigenvalue weighted by Crippen LogP contribution is 2.60. The van der Waals surface area contributed by atoms with E-state index in [2.05, 4.69) is 0 Å². The van der Waals surface area contributed by atoms with Gasteiger partial charge in [-0.25, -0.2) is 0 Å². The standard InChI is InChI=1S/C13H22F2O2/c14-8-11(9-15)6-13(17,7-11)12(10-16)4-2-1-3-5-12/h16-17H,1-10H2. The largest absolute Gasteiger partial charge is 0.396 e. The molecule has 2 rings (SSSR count). The molecule has 4 heteroatoms. The van der Waals surface area contributed by atoms with E-state index in [4.69, 9.17) is 0 Å².